The molecule has 2 aromatic heterocycles. The van der Waals surface area contributed by atoms with Crippen LogP contribution in [0.3, 0.4) is 0 Å². The first-order chi connectivity index (χ1) is 7.36. The molecule has 0 N–H and O–H groups in total. The lowest BCUT2D eigenvalue weighted by molar-refractivity contribution is 0.708. The summed E-state index contributed by atoms with van der Waals surface area (Å²) < 4.78 is 2.30. The largest absolute Gasteiger partial charge is 0.301 e. The molecule has 0 amide bonds. The predicted octanol–water partition coefficient (Wildman–Crippen LogP) is 2.86. The number of hydrogen-bond acceptors (Lipinski definition) is 2. The second-order valence-corrected chi connectivity index (χ2v) is 5.25. The summed E-state index contributed by atoms with van der Waals surface area (Å²) in [6.45, 7) is 2.15. The predicted molar refractivity (Wildman–Crippen MR) is 64.6 cm³/mol. The highest BCUT2D eigenvalue weighted by Crippen LogP contribution is 2.32. The standard InChI is InChI=1S/C12H14N2S/c1-9-3-2-4-11-7-13-12(14(9)11)10-5-6-15-8-10/h2-4,7,10H,5-6,8H2,1H3. The quantitative estimate of drug-likeness (QED) is 0.732. The summed E-state index contributed by atoms with van der Waals surface area (Å²) in [7, 11) is 0. The maximum Gasteiger partial charge on any atom is 0.117 e. The van der Waals surface area contributed by atoms with E-state index in [1.165, 1.54) is 35.0 Å². The molecular weight excluding hydrogens is 204 g/mol. The molecule has 0 radical (unpaired) electrons. The van der Waals surface area contributed by atoms with Crippen molar-refractivity contribution in [3.8, 4) is 0 Å². The number of nitrogens with zero attached hydrogens (tertiary/aromatic N) is 2. The minimum Gasteiger partial charge on any atom is -0.301 e. The topological polar surface area (TPSA) is 17.3 Å². The van der Waals surface area contributed by atoms with Crippen LogP contribution in [0.1, 0.15) is 23.9 Å². The zero-order chi connectivity index (χ0) is 10.3. The lowest BCUT2D eigenvalue weighted by Gasteiger charge is -2.09. The van der Waals surface area contributed by atoms with Crippen molar-refractivity contribution >= 4 is 17.3 Å². The molecule has 0 aliphatic carbocycles. The Bertz CT molecular complexity index is 483. The summed E-state index contributed by atoms with van der Waals surface area (Å²) in [5.74, 6) is 4.42. The van der Waals surface area contributed by atoms with Gasteiger partial charge >= 0.3 is 0 Å². The Morgan fingerprint density at radius 3 is 3.20 bits per heavy atom. The van der Waals surface area contributed by atoms with E-state index in [2.05, 4.69) is 34.5 Å². The molecule has 1 fully saturated rings. The molecule has 78 valence electrons. The third-order valence-corrected chi connectivity index (χ3v) is 4.23. The van der Waals surface area contributed by atoms with Crippen LogP contribution in [0.5, 0.6) is 0 Å². The van der Waals surface area contributed by atoms with Crippen molar-refractivity contribution in [2.75, 3.05) is 11.5 Å². The van der Waals surface area contributed by atoms with Crippen LogP contribution >= 0.6 is 11.8 Å². The number of aromatic nitrogens is 2. The molecule has 3 heteroatoms. The van der Waals surface area contributed by atoms with E-state index in [0.29, 0.717) is 5.92 Å². The Kier molecular flexibility index (Phi) is 2.20. The zero-order valence-corrected chi connectivity index (χ0v) is 9.63. The lowest BCUT2D eigenvalue weighted by atomic mass is 10.1. The minimum atomic E-state index is 0.651. The fraction of sp³-hybridized carbons (Fsp3) is 0.417. The van der Waals surface area contributed by atoms with Crippen molar-refractivity contribution < 1.29 is 0 Å². The zero-order valence-electron chi connectivity index (χ0n) is 8.81. The molecule has 0 aromatic carbocycles. The van der Waals surface area contributed by atoms with Crippen LogP contribution in [0.4, 0.5) is 0 Å². The first kappa shape index (κ1) is 9.28. The van der Waals surface area contributed by atoms with Crippen LogP contribution in [0.2, 0.25) is 0 Å². The van der Waals surface area contributed by atoms with Gasteiger partial charge in [-0.2, -0.15) is 11.8 Å². The van der Waals surface area contributed by atoms with Gasteiger partial charge in [0.15, 0.2) is 0 Å². The summed E-state index contributed by atoms with van der Waals surface area (Å²) in [4.78, 5) is 4.59. The molecule has 1 aliphatic heterocycles. The summed E-state index contributed by atoms with van der Waals surface area (Å²) in [6.07, 6.45) is 3.27. The number of imidazole rings is 1. The van der Waals surface area contributed by atoms with Gasteiger partial charge in [-0.05, 0) is 31.2 Å². The van der Waals surface area contributed by atoms with E-state index in [1.807, 2.05) is 18.0 Å². The lowest BCUT2D eigenvalue weighted by Crippen LogP contribution is -2.04. The first-order valence-electron chi connectivity index (χ1n) is 5.37. The molecule has 0 bridgehead atoms. The minimum absolute atomic E-state index is 0.651. The highest BCUT2D eigenvalue weighted by atomic mass is 32.2. The van der Waals surface area contributed by atoms with Gasteiger partial charge in [-0.15, -0.1) is 0 Å². The number of pyridine rings is 1. The summed E-state index contributed by atoms with van der Waals surface area (Å²) in [5, 5.41) is 0. The van der Waals surface area contributed by atoms with Crippen molar-refractivity contribution in [2.45, 2.75) is 19.3 Å². The Hall–Kier alpha value is -0.960. The Morgan fingerprint density at radius 1 is 1.47 bits per heavy atom. The average molecular weight is 218 g/mol. The summed E-state index contributed by atoms with van der Waals surface area (Å²) in [6, 6.07) is 6.38. The highest BCUT2D eigenvalue weighted by molar-refractivity contribution is 7.99. The smallest absolute Gasteiger partial charge is 0.117 e. The van der Waals surface area contributed by atoms with E-state index in [4.69, 9.17) is 0 Å². The highest BCUT2D eigenvalue weighted by Gasteiger charge is 2.21. The maximum absolute atomic E-state index is 4.59. The van der Waals surface area contributed by atoms with E-state index in [9.17, 15) is 0 Å². The number of thioether (sulfide) groups is 1. The van der Waals surface area contributed by atoms with Crippen LogP contribution in [0, 0.1) is 6.92 Å². The molecule has 1 aliphatic rings. The Labute approximate surface area is 93.7 Å². The molecule has 0 spiro atoms. The van der Waals surface area contributed by atoms with Gasteiger partial charge in [0.1, 0.15) is 5.82 Å². The number of rotatable bonds is 1. The third-order valence-electron chi connectivity index (χ3n) is 3.07. The molecule has 2 nitrogen and oxygen atoms in total. The van der Waals surface area contributed by atoms with E-state index < -0.39 is 0 Å². The van der Waals surface area contributed by atoms with Crippen LogP contribution < -0.4 is 0 Å². The van der Waals surface area contributed by atoms with Gasteiger partial charge in [0, 0.05) is 17.4 Å². The second-order valence-electron chi connectivity index (χ2n) is 4.10. The average Bonchev–Trinajstić information content (AvgIpc) is 2.85. The molecule has 3 heterocycles. The fourth-order valence-electron chi connectivity index (χ4n) is 2.27. The van der Waals surface area contributed by atoms with Gasteiger partial charge in [0.05, 0.1) is 11.7 Å². The van der Waals surface area contributed by atoms with Crippen molar-refractivity contribution in [2.24, 2.45) is 0 Å². The number of hydrogen-bond donors (Lipinski definition) is 0. The van der Waals surface area contributed by atoms with Crippen LogP contribution in [0.15, 0.2) is 24.4 Å². The third kappa shape index (κ3) is 1.46. The van der Waals surface area contributed by atoms with Crippen LogP contribution in [-0.2, 0) is 0 Å². The fourth-order valence-corrected chi connectivity index (χ4v) is 3.49. The van der Waals surface area contributed by atoms with Gasteiger partial charge in [-0.1, -0.05) is 6.07 Å². The molecule has 15 heavy (non-hydrogen) atoms. The summed E-state index contributed by atoms with van der Waals surface area (Å²) >= 11 is 2.04. The van der Waals surface area contributed by atoms with Crippen LogP contribution in [-0.4, -0.2) is 20.9 Å². The first-order valence-corrected chi connectivity index (χ1v) is 6.52. The molecule has 0 saturated carbocycles. The van der Waals surface area contributed by atoms with E-state index in [0.717, 1.165) is 0 Å². The van der Waals surface area contributed by atoms with Crippen molar-refractivity contribution in [1.29, 1.82) is 0 Å². The molecule has 1 unspecified atom stereocenters. The Morgan fingerprint density at radius 2 is 2.40 bits per heavy atom. The van der Waals surface area contributed by atoms with Gasteiger partial charge in [-0.25, -0.2) is 4.98 Å². The van der Waals surface area contributed by atoms with E-state index >= 15 is 0 Å². The monoisotopic (exact) mass is 218 g/mol. The molecule has 2 aromatic rings. The number of fused-ring (bicyclic) bond motifs is 1. The molecule has 1 atom stereocenters. The van der Waals surface area contributed by atoms with E-state index in [-0.39, 0.29) is 0 Å². The molecular formula is C12H14N2S. The normalized spacial score (nSPS) is 21.3. The Balaban J connectivity index is 2.18. The van der Waals surface area contributed by atoms with Gasteiger partial charge in [0.2, 0.25) is 0 Å². The van der Waals surface area contributed by atoms with Crippen molar-refractivity contribution in [3.63, 3.8) is 0 Å². The maximum atomic E-state index is 4.59. The second kappa shape index (κ2) is 3.56. The van der Waals surface area contributed by atoms with Gasteiger partial charge in [0.25, 0.3) is 0 Å². The SMILES string of the molecule is Cc1cccc2cnc(C3CCSC3)n12. The molecule has 3 rings (SSSR count). The van der Waals surface area contributed by atoms with Crippen LogP contribution in [0.25, 0.3) is 5.52 Å². The van der Waals surface area contributed by atoms with Crippen molar-refractivity contribution in [3.05, 3.63) is 35.9 Å². The van der Waals surface area contributed by atoms with E-state index in [1.54, 1.807) is 0 Å². The van der Waals surface area contributed by atoms with Gasteiger partial charge < -0.3 is 4.40 Å². The van der Waals surface area contributed by atoms with Gasteiger partial charge in [-0.3, -0.25) is 0 Å². The number of aryl methyl sites for hydroxylation is 1. The summed E-state index contributed by atoms with van der Waals surface area (Å²) in [5.41, 5.74) is 2.51. The molecule has 1 saturated heterocycles. The van der Waals surface area contributed by atoms with Crippen molar-refractivity contribution in [1.82, 2.24) is 9.38 Å².